The molecule has 1 aromatic rings. The van der Waals surface area contributed by atoms with Gasteiger partial charge in [0.15, 0.2) is 0 Å². The summed E-state index contributed by atoms with van der Waals surface area (Å²) in [5, 5.41) is 0.909. The van der Waals surface area contributed by atoms with Crippen molar-refractivity contribution in [1.29, 1.82) is 0 Å². The highest BCUT2D eigenvalue weighted by molar-refractivity contribution is 6.31. The summed E-state index contributed by atoms with van der Waals surface area (Å²) < 4.78 is 0. The lowest BCUT2D eigenvalue weighted by Crippen LogP contribution is -2.12. The molecule has 0 bridgehead atoms. The Morgan fingerprint density at radius 3 is 3.00 bits per heavy atom. The van der Waals surface area contributed by atoms with Crippen molar-refractivity contribution >= 4 is 17.3 Å². The Labute approximate surface area is 71.6 Å². The quantitative estimate of drug-likeness (QED) is 0.574. The molecule has 0 aliphatic carbocycles. The Hall–Kier alpha value is -0.690. The molecular formula is C9H10ClN. The van der Waals surface area contributed by atoms with E-state index in [0.717, 1.165) is 18.0 Å². The van der Waals surface area contributed by atoms with Gasteiger partial charge in [0.05, 0.1) is 0 Å². The first-order valence-corrected chi connectivity index (χ1v) is 4.15. The van der Waals surface area contributed by atoms with E-state index in [4.69, 9.17) is 11.6 Å². The lowest BCUT2D eigenvalue weighted by molar-refractivity contribution is 0.956. The highest BCUT2D eigenvalue weighted by atomic mass is 35.5. The number of nitrogens with zero attached hydrogens (tertiary/aromatic N) is 1. The fourth-order valence-electron chi connectivity index (χ4n) is 1.55. The van der Waals surface area contributed by atoms with Crippen molar-refractivity contribution in [2.45, 2.75) is 6.42 Å². The van der Waals surface area contributed by atoms with Crippen LogP contribution in [0.1, 0.15) is 5.56 Å². The molecule has 0 saturated carbocycles. The molecular weight excluding hydrogens is 158 g/mol. The molecule has 0 radical (unpaired) electrons. The second-order valence-electron chi connectivity index (χ2n) is 2.91. The van der Waals surface area contributed by atoms with Crippen molar-refractivity contribution in [1.82, 2.24) is 0 Å². The van der Waals surface area contributed by atoms with Gasteiger partial charge in [0.2, 0.25) is 0 Å². The maximum Gasteiger partial charge on any atom is 0.0459 e. The van der Waals surface area contributed by atoms with Crippen molar-refractivity contribution < 1.29 is 0 Å². The van der Waals surface area contributed by atoms with E-state index in [-0.39, 0.29) is 0 Å². The van der Waals surface area contributed by atoms with Crippen LogP contribution in [0.25, 0.3) is 0 Å². The van der Waals surface area contributed by atoms with Gasteiger partial charge in [0.25, 0.3) is 0 Å². The van der Waals surface area contributed by atoms with E-state index in [0.29, 0.717) is 0 Å². The van der Waals surface area contributed by atoms with Crippen LogP contribution in [0.3, 0.4) is 0 Å². The van der Waals surface area contributed by atoms with E-state index in [9.17, 15) is 0 Å². The Morgan fingerprint density at radius 1 is 1.45 bits per heavy atom. The van der Waals surface area contributed by atoms with Gasteiger partial charge in [-0.05, 0) is 24.1 Å². The summed E-state index contributed by atoms with van der Waals surface area (Å²) in [7, 11) is 2.10. The van der Waals surface area contributed by atoms with Crippen LogP contribution in [0.4, 0.5) is 5.69 Å². The van der Waals surface area contributed by atoms with Gasteiger partial charge in [-0.3, -0.25) is 0 Å². The predicted molar refractivity (Wildman–Crippen MR) is 48.4 cm³/mol. The minimum atomic E-state index is 0.909. The van der Waals surface area contributed by atoms with Gasteiger partial charge < -0.3 is 4.90 Å². The molecule has 11 heavy (non-hydrogen) atoms. The normalized spacial score (nSPS) is 15.3. The molecule has 0 spiro atoms. The SMILES string of the molecule is CN1CCc2c(Cl)cccc21. The van der Waals surface area contributed by atoms with Gasteiger partial charge in [0.1, 0.15) is 0 Å². The van der Waals surface area contributed by atoms with Gasteiger partial charge in [-0.2, -0.15) is 0 Å². The number of halogens is 1. The fourth-order valence-corrected chi connectivity index (χ4v) is 1.82. The molecule has 2 heteroatoms. The molecule has 2 rings (SSSR count). The number of hydrogen-bond acceptors (Lipinski definition) is 1. The second-order valence-corrected chi connectivity index (χ2v) is 3.32. The van der Waals surface area contributed by atoms with Crippen molar-refractivity contribution in [3.05, 3.63) is 28.8 Å². The van der Waals surface area contributed by atoms with E-state index in [2.05, 4.69) is 18.0 Å². The molecule has 58 valence electrons. The maximum atomic E-state index is 6.01. The minimum Gasteiger partial charge on any atom is -0.374 e. The Kier molecular flexibility index (Phi) is 1.53. The van der Waals surface area contributed by atoms with Gasteiger partial charge in [-0.25, -0.2) is 0 Å². The molecule has 1 aliphatic rings. The summed E-state index contributed by atoms with van der Waals surface area (Å²) in [4.78, 5) is 2.24. The zero-order valence-electron chi connectivity index (χ0n) is 6.47. The number of likely N-dealkylation sites (N-methyl/N-ethyl adjacent to an activating group) is 1. The van der Waals surface area contributed by atoms with Gasteiger partial charge in [-0.15, -0.1) is 0 Å². The first-order valence-electron chi connectivity index (χ1n) is 3.77. The Bertz CT molecular complexity index is 283. The molecule has 0 fully saturated rings. The van der Waals surface area contributed by atoms with Crippen LogP contribution in [0, 0.1) is 0 Å². The first kappa shape index (κ1) is 6.99. The highest BCUT2D eigenvalue weighted by Crippen LogP contribution is 2.31. The summed E-state index contributed by atoms with van der Waals surface area (Å²) in [5.41, 5.74) is 2.59. The third-order valence-electron chi connectivity index (χ3n) is 2.20. The molecule has 0 unspecified atom stereocenters. The lowest BCUT2D eigenvalue weighted by Gasteiger charge is -2.10. The number of anilines is 1. The highest BCUT2D eigenvalue weighted by Gasteiger charge is 2.16. The van der Waals surface area contributed by atoms with Crippen LogP contribution in [-0.2, 0) is 6.42 Å². The topological polar surface area (TPSA) is 3.24 Å². The lowest BCUT2D eigenvalue weighted by atomic mass is 10.2. The van der Waals surface area contributed by atoms with Crippen LogP contribution in [0.2, 0.25) is 5.02 Å². The number of hydrogen-bond donors (Lipinski definition) is 0. The molecule has 1 aliphatic heterocycles. The largest absolute Gasteiger partial charge is 0.374 e. The van der Waals surface area contributed by atoms with E-state index >= 15 is 0 Å². The smallest absolute Gasteiger partial charge is 0.0459 e. The number of fused-ring (bicyclic) bond motifs is 1. The first-order chi connectivity index (χ1) is 5.29. The number of rotatable bonds is 0. The predicted octanol–water partition coefficient (Wildman–Crippen LogP) is 2.33. The summed E-state index contributed by atoms with van der Waals surface area (Å²) in [6.45, 7) is 1.10. The van der Waals surface area contributed by atoms with E-state index in [1.165, 1.54) is 11.3 Å². The Morgan fingerprint density at radius 2 is 2.27 bits per heavy atom. The minimum absolute atomic E-state index is 0.909. The van der Waals surface area contributed by atoms with E-state index in [1.807, 2.05) is 12.1 Å². The summed E-state index contributed by atoms with van der Waals surface area (Å²) >= 11 is 6.01. The molecule has 0 aromatic heterocycles. The summed E-state index contributed by atoms with van der Waals surface area (Å²) in [6.07, 6.45) is 1.09. The average Bonchev–Trinajstić information content (AvgIpc) is 2.35. The van der Waals surface area contributed by atoms with Crippen LogP contribution in [-0.4, -0.2) is 13.6 Å². The molecule has 1 nitrogen and oxygen atoms in total. The van der Waals surface area contributed by atoms with Crippen molar-refractivity contribution in [3.63, 3.8) is 0 Å². The van der Waals surface area contributed by atoms with Crippen molar-refractivity contribution in [2.75, 3.05) is 18.5 Å². The molecule has 0 saturated heterocycles. The second kappa shape index (κ2) is 2.42. The zero-order chi connectivity index (χ0) is 7.84. The van der Waals surface area contributed by atoms with Gasteiger partial charge in [0, 0.05) is 24.3 Å². The average molecular weight is 168 g/mol. The summed E-state index contributed by atoms with van der Waals surface area (Å²) in [5.74, 6) is 0. The van der Waals surface area contributed by atoms with Crippen LogP contribution < -0.4 is 4.90 Å². The standard InChI is InChI=1S/C9H10ClN/c1-11-6-5-7-8(10)3-2-4-9(7)11/h2-4H,5-6H2,1H3. The maximum absolute atomic E-state index is 6.01. The fraction of sp³-hybridized carbons (Fsp3) is 0.333. The van der Waals surface area contributed by atoms with Crippen molar-refractivity contribution in [2.24, 2.45) is 0 Å². The van der Waals surface area contributed by atoms with E-state index < -0.39 is 0 Å². The summed E-state index contributed by atoms with van der Waals surface area (Å²) in [6, 6.07) is 6.08. The molecule has 0 N–H and O–H groups in total. The third kappa shape index (κ3) is 1.000. The Balaban J connectivity index is 2.57. The van der Waals surface area contributed by atoms with Crippen LogP contribution in [0.5, 0.6) is 0 Å². The molecule has 1 heterocycles. The van der Waals surface area contributed by atoms with Crippen LogP contribution in [0.15, 0.2) is 18.2 Å². The van der Waals surface area contributed by atoms with E-state index in [1.54, 1.807) is 0 Å². The zero-order valence-corrected chi connectivity index (χ0v) is 7.23. The monoisotopic (exact) mass is 167 g/mol. The number of benzene rings is 1. The third-order valence-corrected chi connectivity index (χ3v) is 2.56. The van der Waals surface area contributed by atoms with Crippen molar-refractivity contribution in [3.8, 4) is 0 Å². The van der Waals surface area contributed by atoms with Gasteiger partial charge >= 0.3 is 0 Å². The van der Waals surface area contributed by atoms with Gasteiger partial charge in [-0.1, -0.05) is 17.7 Å². The molecule has 1 aromatic carbocycles. The van der Waals surface area contributed by atoms with Crippen LogP contribution >= 0.6 is 11.6 Å². The molecule has 0 atom stereocenters. The molecule has 0 amide bonds.